The number of anilines is 3. The smallest absolute Gasteiger partial charge is 0.128 e. The van der Waals surface area contributed by atoms with Crippen LogP contribution < -0.4 is 36.7 Å². The number of hydrogen-bond acceptors (Lipinski definition) is 2. The number of hydrogen-bond donors (Lipinski definition) is 1. The van der Waals surface area contributed by atoms with Crippen LogP contribution in [0.4, 0.5) is 17.1 Å². The molecule has 7 aromatic rings. The first-order valence-corrected chi connectivity index (χ1v) is 23.7. The maximum Gasteiger partial charge on any atom is 0.128 e. The number of allylic oxidation sites excluding steroid dienone is 4. The minimum atomic E-state index is -2.24. The highest BCUT2D eigenvalue weighted by Gasteiger charge is 2.46. The molecule has 0 fully saturated rings. The Morgan fingerprint density at radius 2 is 0.893 bits per heavy atom. The van der Waals surface area contributed by atoms with Crippen molar-refractivity contribution in [3.05, 3.63) is 218 Å². The average molecular weight is 763 g/mol. The lowest BCUT2D eigenvalue weighted by molar-refractivity contribution is 1.23. The van der Waals surface area contributed by atoms with E-state index < -0.39 is 14.5 Å². The molecule has 2 nitrogen and oxygen atoms in total. The standard InChI is InChI=1S/C52H48N2P2/c1-40-20-8-7-19-39-53-47-25-13-16-28-50(47)56(4,46-37-33-44(34-38-46)42-23-11-6-12-24-42)52-30-18-15-27-49(52)54(2)48-26-14-17-29-51(48)55(40,3)45-35-31-43(32-36-45)41-21-9-5-10-22-41/h5-38,53H,1,39H2,2-4H3/q+2/b19-7-,20-8-. The minimum absolute atomic E-state index is 0.707. The van der Waals surface area contributed by atoms with Gasteiger partial charge in [0.05, 0.1) is 35.7 Å². The first kappa shape index (κ1) is 37.2. The lowest BCUT2D eigenvalue weighted by Crippen LogP contribution is -2.35. The van der Waals surface area contributed by atoms with Crippen molar-refractivity contribution in [2.75, 3.05) is 37.1 Å². The highest BCUT2D eigenvalue weighted by molar-refractivity contribution is 7.95. The summed E-state index contributed by atoms with van der Waals surface area (Å²) in [6.45, 7) is 10.5. The van der Waals surface area contributed by atoms with Crippen molar-refractivity contribution in [1.29, 1.82) is 0 Å². The van der Waals surface area contributed by atoms with Gasteiger partial charge >= 0.3 is 0 Å². The van der Waals surface area contributed by atoms with Crippen LogP contribution >= 0.6 is 14.5 Å². The van der Waals surface area contributed by atoms with Crippen LogP contribution in [0.5, 0.6) is 0 Å². The SMILES string of the molecule is C=C1/C=C\C=C/CNc2ccccc2[P+](C)(c2ccc(-c3ccccc3)cc2)c2ccccc2N(C)c2ccccc2[P+]1(C)c1ccc(-c2ccccc2)cc1. The van der Waals surface area contributed by atoms with Crippen LogP contribution in [0.25, 0.3) is 22.3 Å². The molecule has 0 spiro atoms. The van der Waals surface area contributed by atoms with Gasteiger partial charge in [0.15, 0.2) is 0 Å². The Morgan fingerprint density at radius 1 is 0.464 bits per heavy atom. The first-order valence-electron chi connectivity index (χ1n) is 19.2. The van der Waals surface area contributed by atoms with Gasteiger partial charge in [-0.3, -0.25) is 0 Å². The fourth-order valence-electron chi connectivity index (χ4n) is 8.06. The zero-order valence-electron chi connectivity index (χ0n) is 32.4. The topological polar surface area (TPSA) is 15.3 Å². The summed E-state index contributed by atoms with van der Waals surface area (Å²) in [5.74, 6) is 0. The molecule has 0 radical (unpaired) electrons. The Kier molecular flexibility index (Phi) is 10.7. The molecule has 0 aliphatic carbocycles. The summed E-state index contributed by atoms with van der Waals surface area (Å²) in [4.78, 5) is 2.44. The number of nitrogens with zero attached hydrogens (tertiary/aromatic N) is 1. The molecule has 2 unspecified atom stereocenters. The Morgan fingerprint density at radius 3 is 1.45 bits per heavy atom. The number of benzene rings is 7. The molecule has 0 amide bonds. The largest absolute Gasteiger partial charge is 0.378 e. The van der Waals surface area contributed by atoms with Crippen molar-refractivity contribution < 1.29 is 0 Å². The molecular formula is C52H48N2P2+2. The molecule has 0 aromatic heterocycles. The molecule has 1 aliphatic heterocycles. The average Bonchev–Trinajstić information content (AvgIpc) is 3.27. The molecule has 1 N–H and O–H groups in total. The van der Waals surface area contributed by atoms with Gasteiger partial charge in [-0.25, -0.2) is 0 Å². The van der Waals surface area contributed by atoms with E-state index in [1.54, 1.807) is 0 Å². The Bertz CT molecular complexity index is 2520. The molecule has 0 saturated heterocycles. The van der Waals surface area contributed by atoms with Crippen LogP contribution in [-0.2, 0) is 0 Å². The summed E-state index contributed by atoms with van der Waals surface area (Å²) >= 11 is 0. The Hall–Kier alpha value is -5.78. The zero-order chi connectivity index (χ0) is 38.5. The zero-order valence-corrected chi connectivity index (χ0v) is 34.2. The molecular weight excluding hydrogens is 715 g/mol. The van der Waals surface area contributed by atoms with Gasteiger partial charge in [-0.2, -0.15) is 0 Å². The van der Waals surface area contributed by atoms with E-state index in [0.29, 0.717) is 6.54 Å². The summed E-state index contributed by atoms with van der Waals surface area (Å²) in [5.41, 5.74) is 8.44. The summed E-state index contributed by atoms with van der Waals surface area (Å²) in [5, 5.41) is 11.6. The lowest BCUT2D eigenvalue weighted by Gasteiger charge is -2.32. The lowest BCUT2D eigenvalue weighted by atomic mass is 10.1. The predicted molar refractivity (Wildman–Crippen MR) is 251 cm³/mol. The molecule has 7 aromatic carbocycles. The number of fused-ring (bicyclic) bond motifs is 3. The van der Waals surface area contributed by atoms with Gasteiger partial charge in [-0.05, 0) is 89.0 Å². The molecule has 274 valence electrons. The fraction of sp³-hybridized carbons (Fsp3) is 0.0769. The van der Waals surface area contributed by atoms with Crippen LogP contribution in [-0.4, -0.2) is 26.9 Å². The second-order valence-electron chi connectivity index (χ2n) is 14.6. The second kappa shape index (κ2) is 16.1. The molecule has 0 bridgehead atoms. The van der Waals surface area contributed by atoms with Gasteiger partial charge < -0.3 is 10.2 Å². The second-order valence-corrected chi connectivity index (χ2v) is 21.6. The summed E-state index contributed by atoms with van der Waals surface area (Å²) in [7, 11) is -2.19. The van der Waals surface area contributed by atoms with Gasteiger partial charge in [0.1, 0.15) is 41.0 Å². The highest BCUT2D eigenvalue weighted by atomic mass is 31.2. The molecule has 56 heavy (non-hydrogen) atoms. The third-order valence-electron chi connectivity index (χ3n) is 11.3. The van der Waals surface area contributed by atoms with Crippen molar-refractivity contribution in [2.24, 2.45) is 0 Å². The summed E-state index contributed by atoms with van der Waals surface area (Å²) in [6, 6.07) is 66.8. The van der Waals surface area contributed by atoms with E-state index in [-0.39, 0.29) is 0 Å². The third-order valence-corrected chi connectivity index (χ3v) is 19.3. The molecule has 4 heteroatoms. The van der Waals surface area contributed by atoms with E-state index in [1.807, 2.05) is 0 Å². The van der Waals surface area contributed by atoms with Gasteiger partial charge in [0.25, 0.3) is 0 Å². The highest BCUT2D eigenvalue weighted by Crippen LogP contribution is 2.62. The maximum absolute atomic E-state index is 4.82. The van der Waals surface area contributed by atoms with Crippen molar-refractivity contribution in [3.8, 4) is 22.3 Å². The number of para-hydroxylation sites is 3. The van der Waals surface area contributed by atoms with Crippen molar-refractivity contribution >= 4 is 58.1 Å². The minimum Gasteiger partial charge on any atom is -0.378 e. The first-order chi connectivity index (χ1) is 27.4. The quantitative estimate of drug-likeness (QED) is 0.180. The van der Waals surface area contributed by atoms with Gasteiger partial charge in [0.2, 0.25) is 0 Å². The summed E-state index contributed by atoms with van der Waals surface area (Å²) < 4.78 is 0. The maximum atomic E-state index is 4.82. The van der Waals surface area contributed by atoms with Crippen LogP contribution in [0.1, 0.15) is 0 Å². The van der Waals surface area contributed by atoms with Gasteiger partial charge in [-0.15, -0.1) is 0 Å². The van der Waals surface area contributed by atoms with Crippen LogP contribution in [0, 0.1) is 0 Å². The van der Waals surface area contributed by atoms with E-state index in [1.165, 1.54) is 60.2 Å². The predicted octanol–water partition coefficient (Wildman–Crippen LogP) is 11.4. The van der Waals surface area contributed by atoms with E-state index in [9.17, 15) is 0 Å². The Labute approximate surface area is 334 Å². The molecule has 0 saturated carbocycles. The molecule has 8 rings (SSSR count). The fourth-order valence-corrected chi connectivity index (χ4v) is 14.8. The Balaban J connectivity index is 1.33. The van der Waals surface area contributed by atoms with Crippen LogP contribution in [0.2, 0.25) is 0 Å². The van der Waals surface area contributed by atoms with Crippen molar-refractivity contribution in [3.63, 3.8) is 0 Å². The van der Waals surface area contributed by atoms with Crippen LogP contribution in [0.15, 0.2) is 218 Å². The van der Waals surface area contributed by atoms with E-state index in [4.69, 9.17) is 6.58 Å². The van der Waals surface area contributed by atoms with Gasteiger partial charge in [0, 0.05) is 13.6 Å². The molecule has 2 atom stereocenters. The molecule has 1 heterocycles. The summed E-state index contributed by atoms with van der Waals surface area (Å²) in [6.07, 6.45) is 8.74. The van der Waals surface area contributed by atoms with E-state index in [2.05, 4.69) is 237 Å². The normalized spacial score (nSPS) is 19.5. The van der Waals surface area contributed by atoms with E-state index in [0.717, 1.165) is 11.0 Å². The molecule has 1 aliphatic rings. The number of rotatable bonds is 4. The van der Waals surface area contributed by atoms with Gasteiger partial charge in [-0.1, -0.05) is 146 Å². The monoisotopic (exact) mass is 762 g/mol. The van der Waals surface area contributed by atoms with E-state index >= 15 is 0 Å². The van der Waals surface area contributed by atoms with Crippen molar-refractivity contribution in [1.82, 2.24) is 0 Å². The number of nitrogens with one attached hydrogen (secondary N) is 1. The van der Waals surface area contributed by atoms with Crippen LogP contribution in [0.3, 0.4) is 0 Å². The van der Waals surface area contributed by atoms with Crippen molar-refractivity contribution in [2.45, 2.75) is 0 Å². The third kappa shape index (κ3) is 6.97.